The minimum Gasteiger partial charge on any atom is -0.467 e. The van der Waals surface area contributed by atoms with Gasteiger partial charge in [-0.1, -0.05) is 18.2 Å². The van der Waals surface area contributed by atoms with Crippen LogP contribution in [0.2, 0.25) is 0 Å². The molecule has 6 heteroatoms. The third kappa shape index (κ3) is 2.05. The van der Waals surface area contributed by atoms with Gasteiger partial charge in [0.05, 0.1) is 11.7 Å². The first-order valence-corrected chi connectivity index (χ1v) is 7.32. The Morgan fingerprint density at radius 2 is 2.04 bits per heavy atom. The van der Waals surface area contributed by atoms with Crippen LogP contribution in [0.1, 0.15) is 24.9 Å². The van der Waals surface area contributed by atoms with E-state index in [1.807, 2.05) is 24.3 Å². The zero-order valence-corrected chi connectivity index (χ0v) is 12.3. The molecule has 2 aliphatic rings. The van der Waals surface area contributed by atoms with Crippen LogP contribution >= 0.6 is 0 Å². The van der Waals surface area contributed by atoms with E-state index in [2.05, 4.69) is 5.32 Å². The van der Waals surface area contributed by atoms with Crippen LogP contribution in [0, 0.1) is 11.6 Å². The van der Waals surface area contributed by atoms with Crippen molar-refractivity contribution in [3.05, 3.63) is 59.7 Å². The SMILES string of the molecule is CC12CC(NC(=O)N1c1ccc(F)cc1F)c1ccccc1O2. The number of urea groups is 1. The van der Waals surface area contributed by atoms with Gasteiger partial charge in [0.1, 0.15) is 17.4 Å². The van der Waals surface area contributed by atoms with Crippen LogP contribution in [-0.2, 0) is 0 Å². The van der Waals surface area contributed by atoms with Gasteiger partial charge in [0.15, 0.2) is 5.72 Å². The molecule has 118 valence electrons. The number of hydrogen-bond acceptors (Lipinski definition) is 2. The molecule has 2 heterocycles. The third-order valence-electron chi connectivity index (χ3n) is 4.33. The van der Waals surface area contributed by atoms with Gasteiger partial charge >= 0.3 is 6.03 Å². The van der Waals surface area contributed by atoms with Crippen LogP contribution in [0.5, 0.6) is 5.75 Å². The number of benzene rings is 2. The van der Waals surface area contributed by atoms with Crippen LogP contribution in [-0.4, -0.2) is 11.8 Å². The van der Waals surface area contributed by atoms with Crippen molar-refractivity contribution in [3.8, 4) is 5.75 Å². The van der Waals surface area contributed by atoms with Crippen LogP contribution in [0.3, 0.4) is 0 Å². The number of para-hydroxylation sites is 1. The first-order valence-electron chi connectivity index (χ1n) is 7.32. The Balaban J connectivity index is 1.83. The summed E-state index contributed by atoms with van der Waals surface area (Å²) in [5.74, 6) is -0.845. The molecule has 0 spiro atoms. The predicted molar refractivity (Wildman–Crippen MR) is 80.2 cm³/mol. The van der Waals surface area contributed by atoms with E-state index in [1.54, 1.807) is 6.92 Å². The number of nitrogens with zero attached hydrogens (tertiary/aromatic N) is 1. The van der Waals surface area contributed by atoms with Crippen molar-refractivity contribution in [3.63, 3.8) is 0 Å². The van der Waals surface area contributed by atoms with Gasteiger partial charge in [-0.05, 0) is 25.1 Å². The third-order valence-corrected chi connectivity index (χ3v) is 4.33. The number of halogens is 2. The second-order valence-electron chi connectivity index (χ2n) is 5.95. The van der Waals surface area contributed by atoms with Gasteiger partial charge in [-0.25, -0.2) is 13.6 Å². The Labute approximate surface area is 131 Å². The lowest BCUT2D eigenvalue weighted by molar-refractivity contribution is 0.0373. The fourth-order valence-electron chi connectivity index (χ4n) is 3.35. The summed E-state index contributed by atoms with van der Waals surface area (Å²) in [7, 11) is 0. The van der Waals surface area contributed by atoms with Crippen molar-refractivity contribution in [1.82, 2.24) is 5.32 Å². The Bertz CT molecular complexity index is 811. The highest BCUT2D eigenvalue weighted by Crippen LogP contribution is 2.45. The Kier molecular flexibility index (Phi) is 2.85. The van der Waals surface area contributed by atoms with Crippen LogP contribution in [0.25, 0.3) is 0 Å². The van der Waals surface area contributed by atoms with E-state index in [0.717, 1.165) is 17.7 Å². The molecular formula is C17H14F2N2O2. The largest absolute Gasteiger partial charge is 0.467 e. The Hall–Kier alpha value is -2.63. The fourth-order valence-corrected chi connectivity index (χ4v) is 3.35. The summed E-state index contributed by atoms with van der Waals surface area (Å²) in [6.45, 7) is 1.73. The minimum atomic E-state index is -1.04. The highest BCUT2D eigenvalue weighted by molar-refractivity contribution is 5.95. The number of carbonyl (C=O) groups is 1. The van der Waals surface area contributed by atoms with Crippen LogP contribution in [0.4, 0.5) is 19.3 Å². The average Bonchev–Trinajstić information content (AvgIpc) is 2.48. The van der Waals surface area contributed by atoms with E-state index in [4.69, 9.17) is 4.74 Å². The highest BCUT2D eigenvalue weighted by atomic mass is 19.1. The quantitative estimate of drug-likeness (QED) is 0.871. The highest BCUT2D eigenvalue weighted by Gasteiger charge is 2.50. The second-order valence-corrected chi connectivity index (χ2v) is 5.95. The zero-order chi connectivity index (χ0) is 16.2. The number of amides is 2. The molecule has 0 radical (unpaired) electrons. The molecule has 2 bridgehead atoms. The molecule has 1 fully saturated rings. The molecule has 1 N–H and O–H groups in total. The summed E-state index contributed by atoms with van der Waals surface area (Å²) in [6.07, 6.45) is 0.465. The molecular weight excluding hydrogens is 302 g/mol. The first kappa shape index (κ1) is 14.0. The van der Waals surface area contributed by atoms with Crippen LogP contribution in [0.15, 0.2) is 42.5 Å². The normalized spacial score (nSPS) is 25.4. The number of anilines is 1. The predicted octanol–water partition coefficient (Wildman–Crippen LogP) is 3.73. The first-order chi connectivity index (χ1) is 11.0. The molecule has 2 unspecified atom stereocenters. The lowest BCUT2D eigenvalue weighted by Gasteiger charge is -2.50. The molecule has 0 saturated carbocycles. The monoisotopic (exact) mass is 316 g/mol. The molecule has 0 aromatic heterocycles. The smallest absolute Gasteiger partial charge is 0.325 e. The van der Waals surface area contributed by atoms with Gasteiger partial charge in [-0.15, -0.1) is 0 Å². The number of rotatable bonds is 1. The van der Waals surface area contributed by atoms with E-state index >= 15 is 0 Å². The topological polar surface area (TPSA) is 41.6 Å². The van der Waals surface area contributed by atoms with Gasteiger partial charge in [-0.3, -0.25) is 4.90 Å². The molecule has 0 aliphatic carbocycles. The average molecular weight is 316 g/mol. The maximum absolute atomic E-state index is 14.2. The molecule has 2 aromatic rings. The molecule has 2 aromatic carbocycles. The fraction of sp³-hybridized carbons (Fsp3) is 0.235. The van der Waals surface area contributed by atoms with Gasteiger partial charge in [-0.2, -0.15) is 0 Å². The van der Waals surface area contributed by atoms with E-state index in [-0.39, 0.29) is 11.7 Å². The molecule has 1 saturated heterocycles. The Morgan fingerprint density at radius 1 is 1.26 bits per heavy atom. The van der Waals surface area contributed by atoms with Crippen molar-refractivity contribution >= 4 is 11.7 Å². The standard InChI is InChI=1S/C17H14F2N2O2/c1-17-9-13(11-4-2-3-5-15(11)23-17)20-16(22)21(17)14-7-6-10(18)8-12(14)19/h2-8,13H,9H2,1H3,(H,20,22). The Morgan fingerprint density at radius 3 is 2.83 bits per heavy atom. The van der Waals surface area contributed by atoms with Gasteiger partial charge < -0.3 is 10.1 Å². The van der Waals surface area contributed by atoms with Gasteiger partial charge in [0.2, 0.25) is 0 Å². The van der Waals surface area contributed by atoms with E-state index in [1.165, 1.54) is 11.0 Å². The van der Waals surface area contributed by atoms with E-state index < -0.39 is 23.4 Å². The van der Waals surface area contributed by atoms with Gasteiger partial charge in [0.25, 0.3) is 0 Å². The molecule has 2 atom stereocenters. The van der Waals surface area contributed by atoms with Crippen molar-refractivity contribution in [2.75, 3.05) is 4.90 Å². The summed E-state index contributed by atoms with van der Waals surface area (Å²) in [6, 6.07) is 9.90. The summed E-state index contributed by atoms with van der Waals surface area (Å²) < 4.78 is 33.4. The minimum absolute atomic E-state index is 0.00997. The maximum atomic E-state index is 14.2. The number of carbonyl (C=O) groups excluding carboxylic acids is 1. The van der Waals surface area contributed by atoms with Crippen molar-refractivity contribution in [1.29, 1.82) is 0 Å². The molecule has 2 aliphatic heterocycles. The van der Waals surface area contributed by atoms with Crippen molar-refractivity contribution < 1.29 is 18.3 Å². The molecule has 4 nitrogen and oxygen atoms in total. The number of nitrogens with one attached hydrogen (secondary N) is 1. The lowest BCUT2D eigenvalue weighted by atomic mass is 9.90. The summed E-state index contributed by atoms with van der Waals surface area (Å²) in [5.41, 5.74) is -0.151. The summed E-state index contributed by atoms with van der Waals surface area (Å²) in [4.78, 5) is 13.8. The van der Waals surface area contributed by atoms with Crippen molar-refractivity contribution in [2.24, 2.45) is 0 Å². The van der Waals surface area contributed by atoms with Crippen molar-refractivity contribution in [2.45, 2.75) is 25.1 Å². The number of ether oxygens (including phenoxy) is 1. The number of fused-ring (bicyclic) bond motifs is 4. The maximum Gasteiger partial charge on any atom is 0.325 e. The van der Waals surface area contributed by atoms with E-state index in [9.17, 15) is 13.6 Å². The van der Waals surface area contributed by atoms with Crippen LogP contribution < -0.4 is 15.0 Å². The van der Waals surface area contributed by atoms with E-state index in [0.29, 0.717) is 12.2 Å². The lowest BCUT2D eigenvalue weighted by Crippen LogP contribution is -2.65. The second kappa shape index (κ2) is 4.68. The number of hydrogen-bond donors (Lipinski definition) is 1. The summed E-state index contributed by atoms with van der Waals surface area (Å²) in [5, 5.41) is 2.87. The zero-order valence-electron chi connectivity index (χ0n) is 12.3. The molecule has 2 amide bonds. The molecule has 4 rings (SSSR count). The molecule has 23 heavy (non-hydrogen) atoms. The van der Waals surface area contributed by atoms with Gasteiger partial charge in [0, 0.05) is 18.1 Å². The summed E-state index contributed by atoms with van der Waals surface area (Å²) >= 11 is 0.